The lowest BCUT2D eigenvalue weighted by molar-refractivity contribution is -0.115. The topological polar surface area (TPSA) is 93.3 Å². The number of carbonyl (C=O) groups is 1. The Hall–Kier alpha value is -2.52. The number of nitrogens with zero attached hydrogens (tertiary/aromatic N) is 1. The zero-order valence-corrected chi connectivity index (χ0v) is 20.7. The summed E-state index contributed by atoms with van der Waals surface area (Å²) < 4.78 is 11.1. The molecule has 9 heteroatoms. The minimum absolute atomic E-state index is 0.130. The van der Waals surface area contributed by atoms with Crippen molar-refractivity contribution in [2.24, 2.45) is 0 Å². The van der Waals surface area contributed by atoms with E-state index in [1.54, 1.807) is 25.3 Å². The average Bonchev–Trinajstić information content (AvgIpc) is 3.06. The number of H-pyrrole nitrogens is 1. The normalized spacial score (nSPS) is 12.0. The minimum Gasteiger partial charge on any atom is -0.497 e. The van der Waals surface area contributed by atoms with Crippen LogP contribution in [0.5, 0.6) is 11.5 Å². The molecule has 32 heavy (non-hydrogen) atoms. The van der Waals surface area contributed by atoms with Gasteiger partial charge in [-0.25, -0.2) is 4.98 Å². The van der Waals surface area contributed by atoms with Gasteiger partial charge in [-0.1, -0.05) is 13.3 Å². The number of thioether (sulfide) groups is 1. The summed E-state index contributed by atoms with van der Waals surface area (Å²) in [6, 6.07) is 5.36. The summed E-state index contributed by atoms with van der Waals surface area (Å²) in [7, 11) is 1.58. The van der Waals surface area contributed by atoms with Crippen molar-refractivity contribution in [2.45, 2.75) is 51.5 Å². The fourth-order valence-corrected chi connectivity index (χ4v) is 4.87. The maximum absolute atomic E-state index is 12.8. The molecule has 0 saturated heterocycles. The number of aromatic amines is 1. The molecule has 0 saturated carbocycles. The SMILES string of the molecule is CCCCOc1ccc(OC)cc1NC(=O)C(C)SCc1nc2sc(C)c(C)c2c(=O)[nH]1. The van der Waals surface area contributed by atoms with E-state index >= 15 is 0 Å². The van der Waals surface area contributed by atoms with Gasteiger partial charge in [-0.15, -0.1) is 23.1 Å². The monoisotopic (exact) mass is 475 g/mol. The van der Waals surface area contributed by atoms with E-state index in [1.807, 2.05) is 20.8 Å². The third kappa shape index (κ3) is 5.63. The number of hydrogen-bond acceptors (Lipinski definition) is 7. The van der Waals surface area contributed by atoms with Crippen LogP contribution in [0, 0.1) is 13.8 Å². The number of amides is 1. The van der Waals surface area contributed by atoms with Gasteiger partial charge in [0.25, 0.3) is 5.56 Å². The number of methoxy groups -OCH3 is 1. The Morgan fingerprint density at radius 2 is 2.12 bits per heavy atom. The van der Waals surface area contributed by atoms with Gasteiger partial charge in [-0.2, -0.15) is 0 Å². The number of aromatic nitrogens is 2. The molecule has 2 N–H and O–H groups in total. The number of carbonyl (C=O) groups excluding carboxylic acids is 1. The molecule has 1 atom stereocenters. The Balaban J connectivity index is 1.67. The first kappa shape index (κ1) is 24.1. The highest BCUT2D eigenvalue weighted by molar-refractivity contribution is 7.99. The summed E-state index contributed by atoms with van der Waals surface area (Å²) in [5, 5.41) is 3.23. The summed E-state index contributed by atoms with van der Waals surface area (Å²) in [6.45, 7) is 8.43. The first-order chi connectivity index (χ1) is 15.3. The van der Waals surface area contributed by atoms with Crippen LogP contribution in [0.4, 0.5) is 5.69 Å². The highest BCUT2D eigenvalue weighted by Gasteiger charge is 2.18. The maximum Gasteiger partial charge on any atom is 0.259 e. The summed E-state index contributed by atoms with van der Waals surface area (Å²) >= 11 is 2.93. The maximum atomic E-state index is 12.8. The molecule has 0 fully saturated rings. The predicted octanol–water partition coefficient (Wildman–Crippen LogP) is 5.05. The molecule has 1 aromatic carbocycles. The third-order valence-electron chi connectivity index (χ3n) is 5.13. The van der Waals surface area contributed by atoms with Crippen molar-refractivity contribution in [1.29, 1.82) is 0 Å². The standard InChI is InChI=1S/C23H29N3O4S2/c1-6-7-10-30-18-9-8-16(29-5)11-17(18)24-21(27)15(4)31-12-19-25-22(28)20-13(2)14(3)32-23(20)26-19/h8-9,11,15H,6-7,10,12H2,1-5H3,(H,24,27)(H,25,26,28). The number of aryl methyl sites for hydroxylation is 2. The Morgan fingerprint density at radius 3 is 2.84 bits per heavy atom. The van der Waals surface area contributed by atoms with Crippen LogP contribution in [-0.2, 0) is 10.5 Å². The lowest BCUT2D eigenvalue weighted by atomic mass is 10.2. The Labute approximate surface area is 195 Å². The van der Waals surface area contributed by atoms with Crippen LogP contribution in [-0.4, -0.2) is 34.8 Å². The second-order valence-corrected chi connectivity index (χ2v) is 10.0. The number of hydrogen-bond donors (Lipinski definition) is 2. The molecule has 0 aliphatic heterocycles. The van der Waals surface area contributed by atoms with Crippen LogP contribution in [0.2, 0.25) is 0 Å². The van der Waals surface area contributed by atoms with Gasteiger partial charge in [0.1, 0.15) is 22.2 Å². The molecule has 2 aromatic heterocycles. The molecule has 172 valence electrons. The number of unbranched alkanes of at least 4 members (excludes halogenated alkanes) is 1. The van der Waals surface area contributed by atoms with E-state index in [1.165, 1.54) is 23.1 Å². The number of thiophene rings is 1. The van der Waals surface area contributed by atoms with E-state index < -0.39 is 0 Å². The molecule has 0 bridgehead atoms. The molecule has 0 aliphatic rings. The van der Waals surface area contributed by atoms with Crippen molar-refractivity contribution in [3.63, 3.8) is 0 Å². The van der Waals surface area contributed by atoms with Crippen LogP contribution >= 0.6 is 23.1 Å². The van der Waals surface area contributed by atoms with Gasteiger partial charge >= 0.3 is 0 Å². The van der Waals surface area contributed by atoms with Crippen molar-refractivity contribution in [3.05, 3.63) is 44.8 Å². The third-order valence-corrected chi connectivity index (χ3v) is 7.38. The van der Waals surface area contributed by atoms with Crippen LogP contribution < -0.4 is 20.3 Å². The molecule has 2 heterocycles. The molecule has 1 unspecified atom stereocenters. The van der Waals surface area contributed by atoms with Crippen molar-refractivity contribution in [3.8, 4) is 11.5 Å². The van der Waals surface area contributed by atoms with Crippen LogP contribution in [0.15, 0.2) is 23.0 Å². The lowest BCUT2D eigenvalue weighted by Gasteiger charge is -2.16. The number of ether oxygens (including phenoxy) is 2. The van der Waals surface area contributed by atoms with Gasteiger partial charge in [0.2, 0.25) is 5.91 Å². The summed E-state index contributed by atoms with van der Waals surface area (Å²) in [5.74, 6) is 2.09. The van der Waals surface area contributed by atoms with E-state index in [2.05, 4.69) is 22.2 Å². The predicted molar refractivity (Wildman–Crippen MR) is 132 cm³/mol. The molecule has 3 aromatic rings. The van der Waals surface area contributed by atoms with Crippen molar-refractivity contribution in [2.75, 3.05) is 19.0 Å². The first-order valence-electron chi connectivity index (χ1n) is 10.6. The quantitative estimate of drug-likeness (QED) is 0.399. The van der Waals surface area contributed by atoms with Crippen molar-refractivity contribution < 1.29 is 14.3 Å². The Morgan fingerprint density at radius 1 is 1.34 bits per heavy atom. The average molecular weight is 476 g/mol. The fraction of sp³-hybridized carbons (Fsp3) is 0.435. The Kier molecular flexibility index (Phi) is 8.20. The van der Waals surface area contributed by atoms with Crippen LogP contribution in [0.1, 0.15) is 43.0 Å². The van der Waals surface area contributed by atoms with Gasteiger partial charge in [-0.3, -0.25) is 9.59 Å². The molecule has 0 spiro atoms. The van der Waals surface area contributed by atoms with E-state index in [4.69, 9.17) is 9.47 Å². The highest BCUT2D eigenvalue weighted by Crippen LogP contribution is 2.31. The number of fused-ring (bicyclic) bond motifs is 1. The molecular formula is C23H29N3O4S2. The molecular weight excluding hydrogens is 446 g/mol. The number of rotatable bonds is 10. The van der Waals surface area contributed by atoms with Gasteiger partial charge in [0, 0.05) is 10.9 Å². The van der Waals surface area contributed by atoms with E-state index in [9.17, 15) is 9.59 Å². The Bertz CT molecular complexity index is 1160. The first-order valence-corrected chi connectivity index (χ1v) is 12.4. The zero-order valence-electron chi connectivity index (χ0n) is 19.0. The summed E-state index contributed by atoms with van der Waals surface area (Å²) in [4.78, 5) is 34.5. The fourth-order valence-electron chi connectivity index (χ4n) is 3.07. The van der Waals surface area contributed by atoms with Gasteiger partial charge in [0.05, 0.1) is 35.8 Å². The van der Waals surface area contributed by atoms with Gasteiger partial charge in [-0.05, 0) is 44.9 Å². The molecule has 1 amide bonds. The highest BCUT2D eigenvalue weighted by atomic mass is 32.2. The summed E-state index contributed by atoms with van der Waals surface area (Å²) in [5.41, 5.74) is 1.42. The van der Waals surface area contributed by atoms with Crippen molar-refractivity contribution in [1.82, 2.24) is 9.97 Å². The van der Waals surface area contributed by atoms with E-state index in [0.717, 1.165) is 28.1 Å². The zero-order chi connectivity index (χ0) is 23.3. The molecule has 7 nitrogen and oxygen atoms in total. The smallest absolute Gasteiger partial charge is 0.259 e. The van der Waals surface area contributed by atoms with Gasteiger partial charge in [0.15, 0.2) is 0 Å². The van der Waals surface area contributed by atoms with Crippen LogP contribution in [0.25, 0.3) is 10.2 Å². The molecule has 0 aliphatic carbocycles. The number of nitrogens with one attached hydrogen (secondary N) is 2. The lowest BCUT2D eigenvalue weighted by Crippen LogP contribution is -2.23. The number of anilines is 1. The van der Waals surface area contributed by atoms with Crippen molar-refractivity contribution >= 4 is 44.9 Å². The van der Waals surface area contributed by atoms with E-state index in [0.29, 0.717) is 40.8 Å². The second kappa shape index (κ2) is 10.9. The van der Waals surface area contributed by atoms with Crippen LogP contribution in [0.3, 0.4) is 0 Å². The second-order valence-electron chi connectivity index (χ2n) is 7.48. The summed E-state index contributed by atoms with van der Waals surface area (Å²) in [6.07, 6.45) is 1.96. The number of benzene rings is 1. The molecule has 0 radical (unpaired) electrons. The minimum atomic E-state index is -0.363. The largest absolute Gasteiger partial charge is 0.497 e. The van der Waals surface area contributed by atoms with Gasteiger partial charge < -0.3 is 19.8 Å². The van der Waals surface area contributed by atoms with E-state index in [-0.39, 0.29) is 16.7 Å². The molecule has 3 rings (SSSR count).